The van der Waals surface area contributed by atoms with E-state index in [2.05, 4.69) is 0 Å². The number of hydrogen-bond donors (Lipinski definition) is 0. The molecule has 0 aliphatic rings. The van der Waals surface area contributed by atoms with Crippen LogP contribution in [-0.4, -0.2) is 12.9 Å². The van der Waals surface area contributed by atoms with Crippen molar-refractivity contribution >= 4 is 5.78 Å². The Morgan fingerprint density at radius 2 is 2.11 bits per heavy atom. The fraction of sp³-hybridized carbons (Fsp3) is 0.214. The maximum absolute atomic E-state index is 13.2. The Labute approximate surface area is 104 Å². The quantitative estimate of drug-likeness (QED) is 0.780. The van der Waals surface area contributed by atoms with Crippen LogP contribution in [0.5, 0.6) is 0 Å². The molecular weight excluding hydrogens is 235 g/mol. The summed E-state index contributed by atoms with van der Waals surface area (Å²) in [6.07, 6.45) is 0. The standard InChI is InChI=1S/C14H13FO3/c1-9-5-10(7-11(15)6-9)14(16)13-4-3-12(18-13)8-17-2/h3-7H,8H2,1-2H3. The van der Waals surface area contributed by atoms with Gasteiger partial charge in [-0.05, 0) is 42.8 Å². The third-order valence-electron chi connectivity index (χ3n) is 2.48. The van der Waals surface area contributed by atoms with E-state index in [9.17, 15) is 9.18 Å². The third-order valence-corrected chi connectivity index (χ3v) is 2.48. The molecule has 1 aromatic heterocycles. The molecule has 0 saturated carbocycles. The summed E-state index contributed by atoms with van der Waals surface area (Å²) in [6, 6.07) is 7.44. The zero-order valence-corrected chi connectivity index (χ0v) is 10.2. The number of methoxy groups -OCH3 is 1. The minimum absolute atomic E-state index is 0.187. The average Bonchev–Trinajstić information content (AvgIpc) is 2.76. The van der Waals surface area contributed by atoms with Gasteiger partial charge in [0.15, 0.2) is 5.76 Å². The zero-order valence-electron chi connectivity index (χ0n) is 10.2. The summed E-state index contributed by atoms with van der Waals surface area (Å²) >= 11 is 0. The SMILES string of the molecule is COCc1ccc(C(=O)c2cc(C)cc(F)c2)o1. The lowest BCUT2D eigenvalue weighted by molar-refractivity contribution is 0.0999. The molecule has 18 heavy (non-hydrogen) atoms. The van der Waals surface area contributed by atoms with Gasteiger partial charge >= 0.3 is 0 Å². The number of ether oxygens (including phenoxy) is 1. The molecule has 0 spiro atoms. The highest BCUT2D eigenvalue weighted by Gasteiger charge is 2.14. The van der Waals surface area contributed by atoms with E-state index in [0.717, 1.165) is 0 Å². The maximum Gasteiger partial charge on any atom is 0.228 e. The first-order chi connectivity index (χ1) is 8.60. The molecule has 0 aliphatic heterocycles. The number of ketones is 1. The summed E-state index contributed by atoms with van der Waals surface area (Å²) < 4.78 is 23.5. The second kappa shape index (κ2) is 5.14. The molecule has 0 amide bonds. The monoisotopic (exact) mass is 248 g/mol. The van der Waals surface area contributed by atoms with Gasteiger partial charge < -0.3 is 9.15 Å². The van der Waals surface area contributed by atoms with E-state index in [1.165, 1.54) is 12.1 Å². The minimum Gasteiger partial charge on any atom is -0.455 e. The van der Waals surface area contributed by atoms with E-state index in [1.54, 1.807) is 32.2 Å². The first-order valence-corrected chi connectivity index (χ1v) is 5.49. The van der Waals surface area contributed by atoms with Crippen LogP contribution in [0.15, 0.2) is 34.7 Å². The molecule has 0 unspecified atom stereocenters. The van der Waals surface area contributed by atoms with Crippen LogP contribution in [0.4, 0.5) is 4.39 Å². The smallest absolute Gasteiger partial charge is 0.228 e. The van der Waals surface area contributed by atoms with Crippen molar-refractivity contribution in [3.63, 3.8) is 0 Å². The number of rotatable bonds is 4. The molecular formula is C14H13FO3. The van der Waals surface area contributed by atoms with Crippen LogP contribution in [0.1, 0.15) is 27.4 Å². The van der Waals surface area contributed by atoms with Crippen LogP contribution in [0.25, 0.3) is 0 Å². The fourth-order valence-electron chi connectivity index (χ4n) is 1.73. The van der Waals surface area contributed by atoms with Gasteiger partial charge in [0.25, 0.3) is 0 Å². The minimum atomic E-state index is -0.429. The van der Waals surface area contributed by atoms with E-state index < -0.39 is 5.82 Å². The predicted octanol–water partition coefficient (Wildman–Crippen LogP) is 3.10. The van der Waals surface area contributed by atoms with Crippen molar-refractivity contribution in [2.45, 2.75) is 13.5 Å². The number of halogens is 1. The van der Waals surface area contributed by atoms with Crippen LogP contribution in [0.3, 0.4) is 0 Å². The summed E-state index contributed by atoms with van der Waals surface area (Å²) in [6.45, 7) is 2.04. The van der Waals surface area contributed by atoms with E-state index in [4.69, 9.17) is 9.15 Å². The van der Waals surface area contributed by atoms with Crippen LogP contribution >= 0.6 is 0 Å². The lowest BCUT2D eigenvalue weighted by Crippen LogP contribution is -2.01. The lowest BCUT2D eigenvalue weighted by Gasteiger charge is -2.00. The van der Waals surface area contributed by atoms with Gasteiger partial charge in [-0.25, -0.2) is 4.39 Å². The molecule has 0 aliphatic carbocycles. The highest BCUT2D eigenvalue weighted by atomic mass is 19.1. The van der Waals surface area contributed by atoms with E-state index >= 15 is 0 Å². The number of benzene rings is 1. The molecule has 2 aromatic rings. The van der Waals surface area contributed by atoms with Crippen molar-refractivity contribution in [1.82, 2.24) is 0 Å². The zero-order chi connectivity index (χ0) is 13.1. The average molecular weight is 248 g/mol. The van der Waals surface area contributed by atoms with Gasteiger partial charge in [-0.2, -0.15) is 0 Å². The highest BCUT2D eigenvalue weighted by molar-refractivity contribution is 6.07. The maximum atomic E-state index is 13.2. The fourth-order valence-corrected chi connectivity index (χ4v) is 1.73. The molecule has 94 valence electrons. The van der Waals surface area contributed by atoms with Crippen LogP contribution in [0, 0.1) is 12.7 Å². The van der Waals surface area contributed by atoms with Crippen molar-refractivity contribution < 1.29 is 18.3 Å². The predicted molar refractivity (Wildman–Crippen MR) is 64.0 cm³/mol. The molecule has 1 heterocycles. The Morgan fingerprint density at radius 3 is 2.78 bits per heavy atom. The number of aryl methyl sites for hydroxylation is 1. The van der Waals surface area contributed by atoms with Crippen LogP contribution < -0.4 is 0 Å². The highest BCUT2D eigenvalue weighted by Crippen LogP contribution is 2.16. The van der Waals surface area contributed by atoms with Gasteiger partial charge in [-0.1, -0.05) is 0 Å². The summed E-state index contributed by atoms with van der Waals surface area (Å²) in [7, 11) is 1.54. The first kappa shape index (κ1) is 12.5. The molecule has 4 heteroatoms. The number of carbonyl (C=O) groups is 1. The molecule has 0 bridgehead atoms. The molecule has 0 atom stereocenters. The Morgan fingerprint density at radius 1 is 1.33 bits per heavy atom. The number of carbonyl (C=O) groups excluding carboxylic acids is 1. The van der Waals surface area contributed by atoms with Crippen molar-refractivity contribution in [3.8, 4) is 0 Å². The molecule has 3 nitrogen and oxygen atoms in total. The van der Waals surface area contributed by atoms with Crippen molar-refractivity contribution in [1.29, 1.82) is 0 Å². The Hall–Kier alpha value is -1.94. The molecule has 0 fully saturated rings. The van der Waals surface area contributed by atoms with Gasteiger partial charge in [0, 0.05) is 12.7 Å². The summed E-state index contributed by atoms with van der Waals surface area (Å²) in [5.74, 6) is -0.0111. The number of hydrogen-bond acceptors (Lipinski definition) is 3. The van der Waals surface area contributed by atoms with Crippen molar-refractivity contribution in [3.05, 3.63) is 58.8 Å². The Bertz CT molecular complexity index is 552. The van der Waals surface area contributed by atoms with Crippen LogP contribution in [0.2, 0.25) is 0 Å². The molecule has 0 saturated heterocycles. The molecule has 0 N–H and O–H groups in total. The second-order valence-corrected chi connectivity index (χ2v) is 4.05. The van der Waals surface area contributed by atoms with E-state index in [-0.39, 0.29) is 17.1 Å². The Kier molecular flexibility index (Phi) is 3.58. The van der Waals surface area contributed by atoms with E-state index in [1.807, 2.05) is 0 Å². The Balaban J connectivity index is 2.29. The lowest BCUT2D eigenvalue weighted by atomic mass is 10.1. The van der Waals surface area contributed by atoms with Gasteiger partial charge in [0.1, 0.15) is 18.2 Å². The summed E-state index contributed by atoms with van der Waals surface area (Å²) in [5.41, 5.74) is 0.979. The normalized spacial score (nSPS) is 10.6. The van der Waals surface area contributed by atoms with Gasteiger partial charge in [-0.3, -0.25) is 4.79 Å². The van der Waals surface area contributed by atoms with Crippen molar-refractivity contribution in [2.75, 3.05) is 7.11 Å². The van der Waals surface area contributed by atoms with Gasteiger partial charge in [0.05, 0.1) is 0 Å². The topological polar surface area (TPSA) is 39.4 Å². The molecule has 2 rings (SSSR count). The summed E-state index contributed by atoms with van der Waals surface area (Å²) in [5, 5.41) is 0. The first-order valence-electron chi connectivity index (χ1n) is 5.49. The van der Waals surface area contributed by atoms with Gasteiger partial charge in [0.2, 0.25) is 5.78 Å². The molecule has 1 aromatic carbocycles. The number of furan rings is 1. The third kappa shape index (κ3) is 2.65. The molecule has 0 radical (unpaired) electrons. The largest absolute Gasteiger partial charge is 0.455 e. The van der Waals surface area contributed by atoms with E-state index in [0.29, 0.717) is 17.9 Å². The summed E-state index contributed by atoms with van der Waals surface area (Å²) in [4.78, 5) is 12.1. The van der Waals surface area contributed by atoms with Gasteiger partial charge in [-0.15, -0.1) is 0 Å². The van der Waals surface area contributed by atoms with Crippen LogP contribution in [-0.2, 0) is 11.3 Å². The van der Waals surface area contributed by atoms with Crippen molar-refractivity contribution in [2.24, 2.45) is 0 Å². The second-order valence-electron chi connectivity index (χ2n) is 4.05.